The van der Waals surface area contributed by atoms with Crippen molar-refractivity contribution in [1.29, 1.82) is 10.5 Å². The molecule has 0 saturated carbocycles. The lowest BCUT2D eigenvalue weighted by Gasteiger charge is -2.10. The Labute approximate surface area is 104 Å². The van der Waals surface area contributed by atoms with E-state index in [-0.39, 0.29) is 5.56 Å². The fourth-order valence-electron chi connectivity index (χ4n) is 1.16. The van der Waals surface area contributed by atoms with E-state index in [9.17, 15) is 17.6 Å². The number of alkyl halides is 3. The largest absolute Gasteiger partial charge is 0.417 e. The molecule has 0 spiro atoms. The summed E-state index contributed by atoms with van der Waals surface area (Å²) in [5.41, 5.74) is -2.06. The van der Waals surface area contributed by atoms with Gasteiger partial charge in [-0.3, -0.25) is 0 Å². The second-order valence-electron chi connectivity index (χ2n) is 3.14. The molecule has 1 aromatic carbocycles. The van der Waals surface area contributed by atoms with Gasteiger partial charge >= 0.3 is 6.18 Å². The summed E-state index contributed by atoms with van der Waals surface area (Å²) >= 11 is 5.21. The van der Waals surface area contributed by atoms with Crippen molar-refractivity contribution in [3.05, 3.63) is 39.7 Å². The Bertz CT molecular complexity index is 575. The summed E-state index contributed by atoms with van der Waals surface area (Å²) in [5, 5.41) is 15.9. The molecule has 0 aliphatic carbocycles. The van der Waals surface area contributed by atoms with Crippen LogP contribution in [0.25, 0.3) is 6.08 Å². The first kappa shape index (κ1) is 14.0. The third-order valence-corrected chi connectivity index (χ3v) is 2.29. The summed E-state index contributed by atoms with van der Waals surface area (Å²) in [7, 11) is 0. The first-order chi connectivity index (χ1) is 8.29. The molecule has 2 nitrogen and oxygen atoms in total. The molecule has 0 aliphatic heterocycles. The Kier molecular flexibility index (Phi) is 3.95. The van der Waals surface area contributed by atoms with E-state index in [1.807, 2.05) is 0 Å². The minimum absolute atomic E-state index is 0.262. The first-order valence-corrected chi connectivity index (χ1v) is 4.75. The van der Waals surface area contributed by atoms with Crippen LogP contribution in [-0.2, 0) is 6.18 Å². The molecular weight excluding hydrogens is 272 g/mol. The molecular formula is C11H3ClF4N2. The van der Waals surface area contributed by atoms with Crippen LogP contribution < -0.4 is 0 Å². The predicted octanol–water partition coefficient (Wildman–Crippen LogP) is 3.93. The molecule has 0 amide bonds. The number of halogens is 5. The fourth-order valence-corrected chi connectivity index (χ4v) is 1.37. The minimum atomic E-state index is -4.82. The van der Waals surface area contributed by atoms with Gasteiger partial charge in [0.05, 0.1) is 10.6 Å². The highest BCUT2D eigenvalue weighted by atomic mass is 35.5. The molecule has 1 rings (SSSR count). The highest BCUT2D eigenvalue weighted by molar-refractivity contribution is 6.31. The third-order valence-electron chi connectivity index (χ3n) is 1.91. The van der Waals surface area contributed by atoms with Gasteiger partial charge in [-0.15, -0.1) is 0 Å². The van der Waals surface area contributed by atoms with Crippen LogP contribution in [0.4, 0.5) is 17.6 Å². The lowest BCUT2D eigenvalue weighted by atomic mass is 10.1. The normalized spacial score (nSPS) is 10.4. The summed E-state index contributed by atoms with van der Waals surface area (Å²) in [4.78, 5) is 0. The van der Waals surface area contributed by atoms with E-state index >= 15 is 0 Å². The molecule has 0 unspecified atom stereocenters. The molecule has 92 valence electrons. The number of hydrogen-bond acceptors (Lipinski definition) is 2. The summed E-state index contributed by atoms with van der Waals surface area (Å²) in [6.45, 7) is 0. The van der Waals surface area contributed by atoms with E-state index < -0.39 is 28.2 Å². The van der Waals surface area contributed by atoms with Gasteiger partial charge in [-0.25, -0.2) is 4.39 Å². The fraction of sp³-hybridized carbons (Fsp3) is 0.0909. The van der Waals surface area contributed by atoms with E-state index in [1.54, 1.807) is 0 Å². The summed E-state index contributed by atoms with van der Waals surface area (Å²) in [6, 6.07) is 4.20. The van der Waals surface area contributed by atoms with Crippen molar-refractivity contribution in [2.75, 3.05) is 0 Å². The highest BCUT2D eigenvalue weighted by Crippen LogP contribution is 2.36. The molecule has 0 fully saturated rings. The number of rotatable bonds is 1. The van der Waals surface area contributed by atoms with Crippen molar-refractivity contribution in [1.82, 2.24) is 0 Å². The maximum Gasteiger partial charge on any atom is 0.417 e. The van der Waals surface area contributed by atoms with Crippen molar-refractivity contribution >= 4 is 17.7 Å². The molecule has 0 aromatic heterocycles. The van der Waals surface area contributed by atoms with Crippen LogP contribution in [0.1, 0.15) is 11.1 Å². The third kappa shape index (κ3) is 2.99. The van der Waals surface area contributed by atoms with Crippen molar-refractivity contribution in [3.8, 4) is 12.1 Å². The zero-order valence-corrected chi connectivity index (χ0v) is 9.27. The van der Waals surface area contributed by atoms with E-state index in [2.05, 4.69) is 0 Å². The van der Waals surface area contributed by atoms with Crippen molar-refractivity contribution in [2.24, 2.45) is 0 Å². The predicted molar refractivity (Wildman–Crippen MR) is 55.6 cm³/mol. The van der Waals surface area contributed by atoms with Crippen LogP contribution >= 0.6 is 11.6 Å². The molecule has 7 heteroatoms. The lowest BCUT2D eigenvalue weighted by molar-refractivity contribution is -0.137. The number of nitriles is 2. The summed E-state index contributed by atoms with van der Waals surface area (Å²) < 4.78 is 50.7. The maximum atomic E-state index is 13.2. The van der Waals surface area contributed by atoms with Crippen LogP contribution in [0.5, 0.6) is 0 Å². The van der Waals surface area contributed by atoms with Gasteiger partial charge < -0.3 is 0 Å². The number of benzene rings is 1. The van der Waals surface area contributed by atoms with E-state index in [0.717, 1.165) is 6.08 Å². The minimum Gasteiger partial charge on any atom is -0.205 e. The molecule has 0 N–H and O–H groups in total. The van der Waals surface area contributed by atoms with Gasteiger partial charge in [0.1, 0.15) is 23.5 Å². The SMILES string of the molecule is N#CC(C#N)=Cc1cc(F)c(Cl)c(C(F)(F)F)c1. The number of allylic oxidation sites excluding steroid dienone is 1. The summed E-state index contributed by atoms with van der Waals surface area (Å²) in [5.74, 6) is -1.27. The zero-order chi connectivity index (χ0) is 13.9. The Morgan fingerprint density at radius 3 is 2.22 bits per heavy atom. The van der Waals surface area contributed by atoms with Gasteiger partial charge in [-0.05, 0) is 23.8 Å². The van der Waals surface area contributed by atoms with Crippen molar-refractivity contribution < 1.29 is 17.6 Å². The van der Waals surface area contributed by atoms with Crippen LogP contribution in [0.3, 0.4) is 0 Å². The molecule has 0 heterocycles. The second kappa shape index (κ2) is 5.07. The Balaban J connectivity index is 3.45. The second-order valence-corrected chi connectivity index (χ2v) is 3.52. The van der Waals surface area contributed by atoms with Gasteiger partial charge in [0, 0.05) is 0 Å². The van der Waals surface area contributed by atoms with Crippen LogP contribution in [0, 0.1) is 28.5 Å². The van der Waals surface area contributed by atoms with Gasteiger partial charge in [-0.2, -0.15) is 23.7 Å². The van der Waals surface area contributed by atoms with Gasteiger partial charge in [0.25, 0.3) is 0 Å². The smallest absolute Gasteiger partial charge is 0.205 e. The Morgan fingerprint density at radius 2 is 1.78 bits per heavy atom. The monoisotopic (exact) mass is 274 g/mol. The highest BCUT2D eigenvalue weighted by Gasteiger charge is 2.34. The molecule has 1 aromatic rings. The zero-order valence-electron chi connectivity index (χ0n) is 8.52. The summed E-state index contributed by atoms with van der Waals surface area (Å²) in [6.07, 6.45) is -3.98. The number of nitrogens with zero attached hydrogens (tertiary/aromatic N) is 2. The standard InChI is InChI=1S/C11H3ClF4N2/c12-10-8(11(14,15)16)2-6(3-9(10)13)1-7(4-17)5-18/h1-3H. The average molecular weight is 275 g/mol. The average Bonchev–Trinajstić information content (AvgIpc) is 2.28. The lowest BCUT2D eigenvalue weighted by Crippen LogP contribution is -2.07. The van der Waals surface area contributed by atoms with E-state index in [1.165, 1.54) is 12.1 Å². The molecule has 0 aliphatic rings. The maximum absolute atomic E-state index is 13.2. The Hall–Kier alpha value is -2.05. The number of hydrogen-bond donors (Lipinski definition) is 0. The quantitative estimate of drug-likeness (QED) is 0.575. The molecule has 0 radical (unpaired) electrons. The van der Waals surface area contributed by atoms with Crippen LogP contribution in [-0.4, -0.2) is 0 Å². The van der Waals surface area contributed by atoms with E-state index in [4.69, 9.17) is 22.1 Å². The molecule has 0 bridgehead atoms. The van der Waals surface area contributed by atoms with Crippen LogP contribution in [0.2, 0.25) is 5.02 Å². The molecule has 0 atom stereocenters. The van der Waals surface area contributed by atoms with Crippen molar-refractivity contribution in [3.63, 3.8) is 0 Å². The first-order valence-electron chi connectivity index (χ1n) is 4.37. The van der Waals surface area contributed by atoms with E-state index in [0.29, 0.717) is 12.1 Å². The molecule has 18 heavy (non-hydrogen) atoms. The molecule has 0 saturated heterocycles. The van der Waals surface area contributed by atoms with Crippen molar-refractivity contribution in [2.45, 2.75) is 6.18 Å². The van der Waals surface area contributed by atoms with Crippen LogP contribution in [0.15, 0.2) is 17.7 Å². The van der Waals surface area contributed by atoms with Gasteiger partial charge in [0.2, 0.25) is 0 Å². The Morgan fingerprint density at radius 1 is 1.22 bits per heavy atom. The van der Waals surface area contributed by atoms with Gasteiger partial charge in [0.15, 0.2) is 0 Å². The van der Waals surface area contributed by atoms with Gasteiger partial charge in [-0.1, -0.05) is 11.6 Å². The topological polar surface area (TPSA) is 47.6 Å².